The lowest BCUT2D eigenvalue weighted by molar-refractivity contribution is 0.389. The van der Waals surface area contributed by atoms with E-state index in [4.69, 9.17) is 15.2 Å². The Balaban J connectivity index is 2.53. The predicted octanol–water partition coefficient (Wildman–Crippen LogP) is 1.26. The number of aromatic amines is 1. The van der Waals surface area contributed by atoms with Gasteiger partial charge in [-0.25, -0.2) is 4.98 Å². The van der Waals surface area contributed by atoms with Crippen LogP contribution in [0.25, 0.3) is 11.4 Å². The molecule has 1 aromatic heterocycles. The summed E-state index contributed by atoms with van der Waals surface area (Å²) >= 11 is 0. The molecule has 3 N–H and O–H groups in total. The first-order chi connectivity index (χ1) is 8.71. The molecular weight excluding hydrogens is 232 g/mol. The van der Waals surface area contributed by atoms with Crippen molar-refractivity contribution in [3.05, 3.63) is 23.5 Å². The highest BCUT2D eigenvalue weighted by molar-refractivity contribution is 5.68. The van der Waals surface area contributed by atoms with Crippen LogP contribution >= 0.6 is 0 Å². The number of hydrogen-bond acceptors (Lipinski definition) is 5. The predicted molar refractivity (Wildman–Crippen MR) is 67.6 cm³/mol. The smallest absolute Gasteiger partial charge is 0.184 e. The Bertz CT molecular complexity index is 551. The standard InChI is InChI=1S/C12H16N4O2/c1-7-9(17-2)5-4-8(11(7)18-3)12-14-10(6-13)15-16-12/h4-5H,6,13H2,1-3H3,(H,14,15,16). The van der Waals surface area contributed by atoms with E-state index < -0.39 is 0 Å². The molecule has 96 valence electrons. The molecule has 0 saturated heterocycles. The number of ether oxygens (including phenoxy) is 2. The third-order valence-corrected chi connectivity index (χ3v) is 2.75. The lowest BCUT2D eigenvalue weighted by Crippen LogP contribution is -1.98. The monoisotopic (exact) mass is 248 g/mol. The highest BCUT2D eigenvalue weighted by atomic mass is 16.5. The fourth-order valence-electron chi connectivity index (χ4n) is 1.84. The van der Waals surface area contributed by atoms with Crippen LogP contribution in [0.3, 0.4) is 0 Å². The molecule has 0 saturated carbocycles. The summed E-state index contributed by atoms with van der Waals surface area (Å²) in [4.78, 5) is 4.29. The molecule has 6 nitrogen and oxygen atoms in total. The van der Waals surface area contributed by atoms with E-state index in [2.05, 4.69) is 15.2 Å². The van der Waals surface area contributed by atoms with Crippen molar-refractivity contribution in [1.29, 1.82) is 0 Å². The molecule has 1 heterocycles. The second-order valence-corrected chi connectivity index (χ2v) is 3.78. The molecule has 2 aromatic rings. The van der Waals surface area contributed by atoms with Gasteiger partial charge in [0.2, 0.25) is 0 Å². The molecule has 0 amide bonds. The number of hydrogen-bond donors (Lipinski definition) is 2. The molecule has 0 aliphatic carbocycles. The first-order valence-electron chi connectivity index (χ1n) is 5.54. The van der Waals surface area contributed by atoms with E-state index >= 15 is 0 Å². The summed E-state index contributed by atoms with van der Waals surface area (Å²) in [7, 11) is 3.24. The highest BCUT2D eigenvalue weighted by Gasteiger charge is 2.15. The van der Waals surface area contributed by atoms with Gasteiger partial charge in [0.1, 0.15) is 17.3 Å². The van der Waals surface area contributed by atoms with Crippen LogP contribution in [-0.2, 0) is 6.54 Å². The molecule has 0 radical (unpaired) electrons. The molecule has 0 aliphatic heterocycles. The molecule has 0 aliphatic rings. The molecule has 0 bridgehead atoms. The summed E-state index contributed by atoms with van der Waals surface area (Å²) in [6.07, 6.45) is 0. The molecule has 0 unspecified atom stereocenters. The van der Waals surface area contributed by atoms with E-state index in [0.717, 1.165) is 16.9 Å². The second kappa shape index (κ2) is 5.05. The normalized spacial score (nSPS) is 10.4. The SMILES string of the molecule is COc1ccc(-c2n[nH]c(CN)n2)c(OC)c1C. The summed E-state index contributed by atoms with van der Waals surface area (Å²) in [5.41, 5.74) is 7.23. The van der Waals surface area contributed by atoms with E-state index in [0.29, 0.717) is 23.9 Å². The summed E-state index contributed by atoms with van der Waals surface area (Å²) in [5, 5.41) is 6.91. The third-order valence-electron chi connectivity index (χ3n) is 2.75. The average molecular weight is 248 g/mol. The molecular formula is C12H16N4O2. The highest BCUT2D eigenvalue weighted by Crippen LogP contribution is 2.36. The topological polar surface area (TPSA) is 86.0 Å². The summed E-state index contributed by atoms with van der Waals surface area (Å²) in [6, 6.07) is 3.74. The van der Waals surface area contributed by atoms with Crippen molar-refractivity contribution in [2.45, 2.75) is 13.5 Å². The molecule has 0 spiro atoms. The number of nitrogens with two attached hydrogens (primary N) is 1. The van der Waals surface area contributed by atoms with Crippen molar-refractivity contribution < 1.29 is 9.47 Å². The molecule has 18 heavy (non-hydrogen) atoms. The van der Waals surface area contributed by atoms with Crippen molar-refractivity contribution in [2.75, 3.05) is 14.2 Å². The van der Waals surface area contributed by atoms with Crippen LogP contribution in [0.15, 0.2) is 12.1 Å². The van der Waals surface area contributed by atoms with Gasteiger partial charge in [-0.3, -0.25) is 5.10 Å². The number of nitrogens with zero attached hydrogens (tertiary/aromatic N) is 2. The molecule has 6 heteroatoms. The Morgan fingerprint density at radius 1 is 1.28 bits per heavy atom. The van der Waals surface area contributed by atoms with E-state index in [1.807, 2.05) is 19.1 Å². The molecule has 2 rings (SSSR count). The van der Waals surface area contributed by atoms with Crippen molar-refractivity contribution in [3.63, 3.8) is 0 Å². The van der Waals surface area contributed by atoms with Crippen LogP contribution in [0.2, 0.25) is 0 Å². The van der Waals surface area contributed by atoms with E-state index in [1.54, 1.807) is 14.2 Å². The van der Waals surface area contributed by atoms with Gasteiger partial charge < -0.3 is 15.2 Å². The number of H-pyrrole nitrogens is 1. The van der Waals surface area contributed by atoms with Gasteiger partial charge in [0.15, 0.2) is 5.82 Å². The number of benzene rings is 1. The van der Waals surface area contributed by atoms with Crippen LogP contribution < -0.4 is 15.2 Å². The van der Waals surface area contributed by atoms with E-state index in [-0.39, 0.29) is 0 Å². The largest absolute Gasteiger partial charge is 0.496 e. The molecule has 1 aromatic carbocycles. The number of rotatable bonds is 4. The zero-order valence-corrected chi connectivity index (χ0v) is 10.7. The Morgan fingerprint density at radius 2 is 2.06 bits per heavy atom. The van der Waals surface area contributed by atoms with Crippen molar-refractivity contribution in [2.24, 2.45) is 5.73 Å². The van der Waals surface area contributed by atoms with Gasteiger partial charge in [0.25, 0.3) is 0 Å². The second-order valence-electron chi connectivity index (χ2n) is 3.78. The van der Waals surface area contributed by atoms with Gasteiger partial charge in [-0.2, -0.15) is 5.10 Å². The van der Waals surface area contributed by atoms with E-state index in [9.17, 15) is 0 Å². The van der Waals surface area contributed by atoms with Gasteiger partial charge in [-0.05, 0) is 19.1 Å². The molecule has 0 fully saturated rings. The Hall–Kier alpha value is -2.08. The van der Waals surface area contributed by atoms with Gasteiger partial charge in [-0.1, -0.05) is 0 Å². The van der Waals surface area contributed by atoms with Crippen molar-refractivity contribution in [1.82, 2.24) is 15.2 Å². The van der Waals surface area contributed by atoms with Crippen LogP contribution in [0, 0.1) is 6.92 Å². The fourth-order valence-corrected chi connectivity index (χ4v) is 1.84. The minimum atomic E-state index is 0.324. The van der Waals surface area contributed by atoms with Crippen molar-refractivity contribution >= 4 is 0 Å². The minimum absolute atomic E-state index is 0.324. The zero-order chi connectivity index (χ0) is 13.1. The van der Waals surface area contributed by atoms with Gasteiger partial charge >= 0.3 is 0 Å². The van der Waals surface area contributed by atoms with E-state index in [1.165, 1.54) is 0 Å². The third kappa shape index (κ3) is 2.02. The Labute approximate surface area is 105 Å². The van der Waals surface area contributed by atoms with Crippen LogP contribution in [0.4, 0.5) is 0 Å². The number of nitrogens with one attached hydrogen (secondary N) is 1. The quantitative estimate of drug-likeness (QED) is 0.850. The van der Waals surface area contributed by atoms with Crippen LogP contribution in [-0.4, -0.2) is 29.4 Å². The summed E-state index contributed by atoms with van der Waals surface area (Å²) in [6.45, 7) is 2.25. The maximum Gasteiger partial charge on any atom is 0.184 e. The first kappa shape index (κ1) is 12.4. The van der Waals surface area contributed by atoms with Crippen molar-refractivity contribution in [3.8, 4) is 22.9 Å². The summed E-state index contributed by atoms with van der Waals surface area (Å²) in [5.74, 6) is 2.68. The minimum Gasteiger partial charge on any atom is -0.496 e. The maximum atomic E-state index is 5.50. The lowest BCUT2D eigenvalue weighted by Gasteiger charge is -2.12. The van der Waals surface area contributed by atoms with Gasteiger partial charge in [0, 0.05) is 5.56 Å². The van der Waals surface area contributed by atoms with Crippen LogP contribution in [0.5, 0.6) is 11.5 Å². The fraction of sp³-hybridized carbons (Fsp3) is 0.333. The van der Waals surface area contributed by atoms with Crippen LogP contribution in [0.1, 0.15) is 11.4 Å². The maximum absolute atomic E-state index is 5.50. The Morgan fingerprint density at radius 3 is 2.61 bits per heavy atom. The molecule has 0 atom stereocenters. The van der Waals surface area contributed by atoms with Gasteiger partial charge in [-0.15, -0.1) is 0 Å². The first-order valence-corrected chi connectivity index (χ1v) is 5.54. The number of methoxy groups -OCH3 is 2. The lowest BCUT2D eigenvalue weighted by atomic mass is 10.1. The zero-order valence-electron chi connectivity index (χ0n) is 10.7. The van der Waals surface area contributed by atoms with Gasteiger partial charge in [0.05, 0.1) is 26.3 Å². The number of aromatic nitrogens is 3. The Kier molecular flexibility index (Phi) is 3.47. The average Bonchev–Trinajstić information content (AvgIpc) is 2.87. The summed E-state index contributed by atoms with van der Waals surface area (Å²) < 4.78 is 10.7.